The van der Waals surface area contributed by atoms with E-state index in [0.29, 0.717) is 0 Å². The molecule has 0 aliphatic rings. The molecule has 7 aromatic rings. The lowest BCUT2D eigenvalue weighted by molar-refractivity contribution is 0.560. The third-order valence-corrected chi connectivity index (χ3v) is 7.99. The van der Waals surface area contributed by atoms with Crippen molar-refractivity contribution in [1.29, 1.82) is 0 Å². The summed E-state index contributed by atoms with van der Waals surface area (Å²) in [7, 11) is 0. The molecule has 43 heavy (non-hydrogen) atoms. The maximum atomic E-state index is 2.40. The predicted molar refractivity (Wildman–Crippen MR) is 184 cm³/mol. The van der Waals surface area contributed by atoms with Gasteiger partial charge in [0.15, 0.2) is 0 Å². The lowest BCUT2D eigenvalue weighted by Gasteiger charge is -2.38. The molecule has 1 heterocycles. The van der Waals surface area contributed by atoms with E-state index in [1.54, 1.807) is 0 Å². The number of nitrogens with zero attached hydrogens (tertiary/aromatic N) is 3. The highest BCUT2D eigenvalue weighted by Gasteiger charge is 2.24. The van der Waals surface area contributed by atoms with Crippen molar-refractivity contribution in [1.82, 2.24) is 4.57 Å². The molecular formula is C40H35N3. The van der Waals surface area contributed by atoms with Crippen LogP contribution >= 0.6 is 0 Å². The van der Waals surface area contributed by atoms with Gasteiger partial charge in [0.1, 0.15) is 0 Å². The predicted octanol–water partition coefficient (Wildman–Crippen LogP) is 11.2. The second kappa shape index (κ2) is 10.8. The van der Waals surface area contributed by atoms with Crippen molar-refractivity contribution >= 4 is 50.2 Å². The van der Waals surface area contributed by atoms with E-state index < -0.39 is 0 Å². The summed E-state index contributed by atoms with van der Waals surface area (Å²) in [5, 5.41) is 2.48. The van der Waals surface area contributed by atoms with Crippen LogP contribution in [0.5, 0.6) is 0 Å². The number of para-hydroxylation sites is 4. The summed E-state index contributed by atoms with van der Waals surface area (Å²) in [6, 6.07) is 56.4. The molecule has 0 N–H and O–H groups in total. The Hall–Kier alpha value is -5.28. The molecular weight excluding hydrogens is 522 g/mol. The van der Waals surface area contributed by atoms with Gasteiger partial charge < -0.3 is 14.4 Å². The van der Waals surface area contributed by atoms with E-state index in [0.717, 1.165) is 22.7 Å². The molecule has 0 spiro atoms. The van der Waals surface area contributed by atoms with Gasteiger partial charge in [-0.2, -0.15) is 0 Å². The van der Waals surface area contributed by atoms with E-state index in [9.17, 15) is 0 Å². The molecule has 0 bridgehead atoms. The second-order valence-electron chi connectivity index (χ2n) is 11.9. The smallest absolute Gasteiger partial charge is 0.0542 e. The third-order valence-electron chi connectivity index (χ3n) is 7.99. The molecule has 0 saturated carbocycles. The molecule has 0 amide bonds. The fraction of sp³-hybridized carbons (Fsp3) is 0.100. The fourth-order valence-electron chi connectivity index (χ4n) is 6.23. The minimum atomic E-state index is -0.0833. The Morgan fingerprint density at radius 1 is 0.419 bits per heavy atom. The molecule has 210 valence electrons. The van der Waals surface area contributed by atoms with Gasteiger partial charge in [0.05, 0.1) is 11.0 Å². The van der Waals surface area contributed by atoms with Crippen molar-refractivity contribution in [3.05, 3.63) is 158 Å². The Balaban J connectivity index is 1.37. The molecule has 3 heteroatoms. The molecule has 1 aromatic heterocycles. The van der Waals surface area contributed by atoms with Crippen molar-refractivity contribution in [3.63, 3.8) is 0 Å². The molecule has 0 radical (unpaired) electrons. The Labute approximate surface area is 253 Å². The number of rotatable bonds is 6. The Kier molecular flexibility index (Phi) is 6.71. The molecule has 0 saturated heterocycles. The second-order valence-corrected chi connectivity index (χ2v) is 11.9. The van der Waals surface area contributed by atoms with Gasteiger partial charge in [0, 0.05) is 50.4 Å². The number of hydrogen-bond donors (Lipinski definition) is 0. The van der Waals surface area contributed by atoms with Gasteiger partial charge in [-0.05, 0) is 106 Å². The van der Waals surface area contributed by atoms with Crippen molar-refractivity contribution in [2.45, 2.75) is 26.3 Å². The number of aromatic nitrogens is 1. The standard InChI is InChI=1S/C40H35N3/c1-40(2,3)43(33-19-11-6-12-20-33)34-25-23-32(24-26-34)41(30-15-7-4-8-16-30)35-27-28-39-37(29-35)36-21-13-14-22-38(36)42(39)31-17-9-5-10-18-31/h4-29H,1-3H3. The minimum absolute atomic E-state index is 0.0833. The maximum absolute atomic E-state index is 2.40. The van der Waals surface area contributed by atoms with Crippen LogP contribution in [0.1, 0.15) is 20.8 Å². The van der Waals surface area contributed by atoms with E-state index in [4.69, 9.17) is 0 Å². The number of benzene rings is 6. The summed E-state index contributed by atoms with van der Waals surface area (Å²) in [4.78, 5) is 4.75. The van der Waals surface area contributed by atoms with Gasteiger partial charge >= 0.3 is 0 Å². The monoisotopic (exact) mass is 557 g/mol. The summed E-state index contributed by atoms with van der Waals surface area (Å²) < 4.78 is 2.36. The van der Waals surface area contributed by atoms with Gasteiger partial charge in [-0.1, -0.05) is 72.8 Å². The molecule has 0 aliphatic carbocycles. The summed E-state index contributed by atoms with van der Waals surface area (Å²) in [6.07, 6.45) is 0. The van der Waals surface area contributed by atoms with Crippen LogP contribution in [0, 0.1) is 0 Å². The van der Waals surface area contributed by atoms with Crippen LogP contribution in [-0.2, 0) is 0 Å². The third kappa shape index (κ3) is 4.93. The van der Waals surface area contributed by atoms with Crippen LogP contribution in [0.4, 0.5) is 28.4 Å². The lowest BCUT2D eigenvalue weighted by atomic mass is 10.0. The largest absolute Gasteiger partial charge is 0.336 e. The van der Waals surface area contributed by atoms with Crippen LogP contribution in [0.15, 0.2) is 158 Å². The topological polar surface area (TPSA) is 11.4 Å². The van der Waals surface area contributed by atoms with Crippen LogP contribution in [0.3, 0.4) is 0 Å². The van der Waals surface area contributed by atoms with E-state index in [1.807, 2.05) is 0 Å². The van der Waals surface area contributed by atoms with Gasteiger partial charge in [0.2, 0.25) is 0 Å². The van der Waals surface area contributed by atoms with E-state index >= 15 is 0 Å². The van der Waals surface area contributed by atoms with Gasteiger partial charge in [-0.15, -0.1) is 0 Å². The van der Waals surface area contributed by atoms with E-state index in [2.05, 4.69) is 193 Å². The summed E-state index contributed by atoms with van der Waals surface area (Å²) in [5.41, 5.74) is 9.19. The number of hydrogen-bond acceptors (Lipinski definition) is 2. The van der Waals surface area contributed by atoms with Crippen molar-refractivity contribution in [2.24, 2.45) is 0 Å². The highest BCUT2D eigenvalue weighted by atomic mass is 15.2. The molecule has 0 unspecified atom stereocenters. The van der Waals surface area contributed by atoms with Crippen molar-refractivity contribution in [3.8, 4) is 5.69 Å². The molecule has 6 aromatic carbocycles. The number of fused-ring (bicyclic) bond motifs is 3. The Morgan fingerprint density at radius 3 is 1.53 bits per heavy atom. The summed E-state index contributed by atoms with van der Waals surface area (Å²) in [6.45, 7) is 6.77. The average Bonchev–Trinajstić information content (AvgIpc) is 3.37. The zero-order valence-corrected chi connectivity index (χ0v) is 24.9. The molecule has 7 rings (SSSR count). The molecule has 0 aliphatic heterocycles. The zero-order valence-electron chi connectivity index (χ0n) is 24.9. The van der Waals surface area contributed by atoms with Crippen LogP contribution in [0.25, 0.3) is 27.5 Å². The van der Waals surface area contributed by atoms with Crippen molar-refractivity contribution < 1.29 is 0 Å². The Bertz CT molecular complexity index is 1990. The zero-order chi connectivity index (χ0) is 29.4. The molecule has 0 fully saturated rings. The first-order valence-corrected chi connectivity index (χ1v) is 14.9. The lowest BCUT2D eigenvalue weighted by Crippen LogP contribution is -2.37. The molecule has 0 atom stereocenters. The van der Waals surface area contributed by atoms with Crippen LogP contribution in [-0.4, -0.2) is 10.1 Å². The van der Waals surface area contributed by atoms with Crippen LogP contribution < -0.4 is 9.80 Å². The number of anilines is 5. The van der Waals surface area contributed by atoms with E-state index in [-0.39, 0.29) is 5.54 Å². The Morgan fingerprint density at radius 2 is 0.884 bits per heavy atom. The normalized spacial score (nSPS) is 11.6. The summed E-state index contributed by atoms with van der Waals surface area (Å²) >= 11 is 0. The molecule has 3 nitrogen and oxygen atoms in total. The SMILES string of the molecule is CC(C)(C)N(c1ccccc1)c1ccc(N(c2ccccc2)c2ccc3c(c2)c2ccccc2n3-c2ccccc2)cc1. The van der Waals surface area contributed by atoms with Crippen molar-refractivity contribution in [2.75, 3.05) is 9.80 Å². The first-order valence-electron chi connectivity index (χ1n) is 14.9. The maximum Gasteiger partial charge on any atom is 0.0542 e. The van der Waals surface area contributed by atoms with Gasteiger partial charge in [-0.3, -0.25) is 0 Å². The first-order chi connectivity index (χ1) is 21.0. The average molecular weight is 558 g/mol. The van der Waals surface area contributed by atoms with Crippen LogP contribution in [0.2, 0.25) is 0 Å². The first kappa shape index (κ1) is 26.6. The summed E-state index contributed by atoms with van der Waals surface area (Å²) in [5.74, 6) is 0. The van der Waals surface area contributed by atoms with E-state index in [1.165, 1.54) is 33.2 Å². The fourth-order valence-corrected chi connectivity index (χ4v) is 6.23. The quantitative estimate of drug-likeness (QED) is 0.201. The van der Waals surface area contributed by atoms with Gasteiger partial charge in [0.25, 0.3) is 0 Å². The minimum Gasteiger partial charge on any atom is -0.336 e. The highest BCUT2D eigenvalue weighted by molar-refractivity contribution is 6.10. The highest BCUT2D eigenvalue weighted by Crippen LogP contribution is 2.41. The van der Waals surface area contributed by atoms with Gasteiger partial charge in [-0.25, -0.2) is 0 Å².